The lowest BCUT2D eigenvalue weighted by Gasteiger charge is -2.06. The van der Waals surface area contributed by atoms with Crippen LogP contribution in [-0.4, -0.2) is 14.9 Å². The van der Waals surface area contributed by atoms with E-state index in [9.17, 15) is 18.3 Å². The molecule has 3 aromatic rings. The van der Waals surface area contributed by atoms with E-state index in [-0.39, 0.29) is 6.61 Å². The zero-order valence-electron chi connectivity index (χ0n) is 12.7. The first kappa shape index (κ1) is 16.3. The molecule has 0 saturated heterocycles. The number of aliphatic hydroxyl groups excluding tert-OH is 1. The van der Waals surface area contributed by atoms with Crippen LogP contribution in [0.4, 0.5) is 13.2 Å². The molecule has 0 atom stereocenters. The van der Waals surface area contributed by atoms with Crippen molar-refractivity contribution in [3.05, 3.63) is 77.5 Å². The van der Waals surface area contributed by atoms with E-state index < -0.39 is 11.7 Å². The predicted molar refractivity (Wildman–Crippen MR) is 84.1 cm³/mol. The summed E-state index contributed by atoms with van der Waals surface area (Å²) < 4.78 is 39.6. The van der Waals surface area contributed by atoms with Crippen molar-refractivity contribution < 1.29 is 18.3 Å². The van der Waals surface area contributed by atoms with E-state index >= 15 is 0 Å². The minimum Gasteiger partial charge on any atom is -0.390 e. The van der Waals surface area contributed by atoms with Gasteiger partial charge in [-0.1, -0.05) is 42.5 Å². The highest BCUT2D eigenvalue weighted by atomic mass is 19.4. The molecule has 124 valence electrons. The predicted octanol–water partition coefficient (Wildman–Crippen LogP) is 4.11. The lowest BCUT2D eigenvalue weighted by molar-refractivity contribution is -0.137. The molecule has 0 radical (unpaired) electrons. The third kappa shape index (κ3) is 3.49. The number of nitrogens with zero attached hydrogens (tertiary/aromatic N) is 2. The Bertz CT molecular complexity index is 809. The number of rotatable bonds is 4. The van der Waals surface area contributed by atoms with Crippen molar-refractivity contribution in [1.82, 2.24) is 9.78 Å². The van der Waals surface area contributed by atoms with E-state index in [0.29, 0.717) is 23.5 Å². The summed E-state index contributed by atoms with van der Waals surface area (Å²) in [7, 11) is 0. The van der Waals surface area contributed by atoms with Crippen molar-refractivity contribution in [2.45, 2.75) is 19.3 Å². The van der Waals surface area contributed by atoms with Crippen LogP contribution < -0.4 is 0 Å². The van der Waals surface area contributed by atoms with E-state index in [1.54, 1.807) is 10.7 Å². The molecule has 0 unspecified atom stereocenters. The minimum atomic E-state index is -4.36. The highest BCUT2D eigenvalue weighted by molar-refractivity contribution is 5.60. The van der Waals surface area contributed by atoms with Crippen molar-refractivity contribution >= 4 is 0 Å². The highest BCUT2D eigenvalue weighted by Crippen LogP contribution is 2.30. The van der Waals surface area contributed by atoms with Crippen LogP contribution in [0, 0.1) is 0 Å². The molecule has 0 fully saturated rings. The summed E-state index contributed by atoms with van der Waals surface area (Å²) in [6.07, 6.45) is -4.36. The summed E-state index contributed by atoms with van der Waals surface area (Å²) >= 11 is 0. The van der Waals surface area contributed by atoms with Gasteiger partial charge in [-0.25, -0.2) is 0 Å². The van der Waals surface area contributed by atoms with Gasteiger partial charge in [0.05, 0.1) is 30.1 Å². The Morgan fingerprint density at radius 3 is 2.21 bits per heavy atom. The van der Waals surface area contributed by atoms with Gasteiger partial charge in [-0.3, -0.25) is 4.68 Å². The second-order valence-electron chi connectivity index (χ2n) is 5.40. The molecule has 2 aromatic carbocycles. The SMILES string of the molecule is OCc1cc(-c2ccc(C(F)(F)F)cc2)nn1Cc1ccccc1. The lowest BCUT2D eigenvalue weighted by Crippen LogP contribution is -2.06. The van der Waals surface area contributed by atoms with Crippen LogP contribution in [0.25, 0.3) is 11.3 Å². The van der Waals surface area contributed by atoms with Crippen LogP contribution in [0.5, 0.6) is 0 Å². The van der Waals surface area contributed by atoms with Gasteiger partial charge in [-0.2, -0.15) is 18.3 Å². The Morgan fingerprint density at radius 1 is 0.958 bits per heavy atom. The third-order valence-electron chi connectivity index (χ3n) is 3.71. The minimum absolute atomic E-state index is 0.194. The van der Waals surface area contributed by atoms with Gasteiger partial charge in [0.25, 0.3) is 0 Å². The third-order valence-corrected chi connectivity index (χ3v) is 3.71. The molecule has 0 saturated carbocycles. The van der Waals surface area contributed by atoms with E-state index in [4.69, 9.17) is 0 Å². The maximum atomic E-state index is 12.6. The molecule has 3 rings (SSSR count). The van der Waals surface area contributed by atoms with Crippen molar-refractivity contribution in [2.75, 3.05) is 0 Å². The molecule has 1 N–H and O–H groups in total. The second-order valence-corrected chi connectivity index (χ2v) is 5.40. The number of alkyl halides is 3. The first-order valence-corrected chi connectivity index (χ1v) is 7.36. The van der Waals surface area contributed by atoms with E-state index in [2.05, 4.69) is 5.10 Å². The van der Waals surface area contributed by atoms with Crippen LogP contribution in [0.3, 0.4) is 0 Å². The van der Waals surface area contributed by atoms with Gasteiger partial charge in [-0.05, 0) is 23.8 Å². The molecule has 3 nitrogen and oxygen atoms in total. The summed E-state index contributed by atoms with van der Waals surface area (Å²) in [5.41, 5.74) is 2.04. The van der Waals surface area contributed by atoms with Crippen molar-refractivity contribution in [3.8, 4) is 11.3 Å². The van der Waals surface area contributed by atoms with Gasteiger partial charge in [-0.15, -0.1) is 0 Å². The fraction of sp³-hybridized carbons (Fsp3) is 0.167. The van der Waals surface area contributed by atoms with Crippen molar-refractivity contribution in [1.29, 1.82) is 0 Å². The molecule has 24 heavy (non-hydrogen) atoms. The van der Waals surface area contributed by atoms with Crippen LogP contribution >= 0.6 is 0 Å². The number of benzene rings is 2. The number of hydrogen-bond acceptors (Lipinski definition) is 2. The molecule has 0 amide bonds. The topological polar surface area (TPSA) is 38.1 Å². The molecular formula is C18H15F3N2O. The van der Waals surface area contributed by atoms with Crippen LogP contribution in [0.2, 0.25) is 0 Å². The average molecular weight is 332 g/mol. The maximum absolute atomic E-state index is 12.6. The Labute approximate surface area is 137 Å². The number of halogens is 3. The van der Waals surface area contributed by atoms with E-state index in [1.807, 2.05) is 30.3 Å². The molecule has 0 bridgehead atoms. The molecule has 0 spiro atoms. The smallest absolute Gasteiger partial charge is 0.390 e. The van der Waals surface area contributed by atoms with Gasteiger partial charge in [0.1, 0.15) is 0 Å². The monoisotopic (exact) mass is 332 g/mol. The van der Waals surface area contributed by atoms with Crippen molar-refractivity contribution in [3.63, 3.8) is 0 Å². The van der Waals surface area contributed by atoms with E-state index in [1.165, 1.54) is 12.1 Å². The summed E-state index contributed by atoms with van der Waals surface area (Å²) in [4.78, 5) is 0. The van der Waals surface area contributed by atoms with Crippen molar-refractivity contribution in [2.24, 2.45) is 0 Å². The van der Waals surface area contributed by atoms with Crippen LogP contribution in [0.1, 0.15) is 16.8 Å². The van der Waals surface area contributed by atoms with Gasteiger partial charge >= 0.3 is 6.18 Å². The number of hydrogen-bond donors (Lipinski definition) is 1. The number of aromatic nitrogens is 2. The second kappa shape index (κ2) is 6.49. The summed E-state index contributed by atoms with van der Waals surface area (Å²) in [5, 5.41) is 13.9. The summed E-state index contributed by atoms with van der Waals surface area (Å²) in [5.74, 6) is 0. The molecule has 6 heteroatoms. The van der Waals surface area contributed by atoms with Gasteiger partial charge in [0.15, 0.2) is 0 Å². The van der Waals surface area contributed by atoms with Gasteiger partial charge in [0.2, 0.25) is 0 Å². The van der Waals surface area contributed by atoms with Gasteiger partial charge in [0, 0.05) is 5.56 Å². The Kier molecular flexibility index (Phi) is 4.40. The Hall–Kier alpha value is -2.60. The van der Waals surface area contributed by atoms with E-state index in [0.717, 1.165) is 17.7 Å². The maximum Gasteiger partial charge on any atom is 0.416 e. The Morgan fingerprint density at radius 2 is 1.62 bits per heavy atom. The molecule has 0 aliphatic carbocycles. The average Bonchev–Trinajstić information content (AvgIpc) is 2.98. The van der Waals surface area contributed by atoms with Gasteiger partial charge < -0.3 is 5.11 Å². The zero-order chi connectivity index (χ0) is 17.2. The number of aliphatic hydroxyl groups is 1. The largest absolute Gasteiger partial charge is 0.416 e. The van der Waals surface area contributed by atoms with Crippen LogP contribution in [-0.2, 0) is 19.3 Å². The standard InChI is InChI=1S/C18H15F3N2O/c19-18(20,21)15-8-6-14(7-9-15)17-10-16(12-24)23(22-17)11-13-4-2-1-3-5-13/h1-10,24H,11-12H2. The fourth-order valence-corrected chi connectivity index (χ4v) is 2.45. The molecule has 0 aliphatic rings. The first-order chi connectivity index (χ1) is 11.5. The van der Waals surface area contributed by atoms with Crippen LogP contribution in [0.15, 0.2) is 60.7 Å². The lowest BCUT2D eigenvalue weighted by atomic mass is 10.1. The normalized spacial score (nSPS) is 11.7. The first-order valence-electron chi connectivity index (χ1n) is 7.36. The molecule has 0 aliphatic heterocycles. The zero-order valence-corrected chi connectivity index (χ0v) is 12.7. The molecule has 1 aromatic heterocycles. The molecule has 1 heterocycles. The molecular weight excluding hydrogens is 317 g/mol. The fourth-order valence-electron chi connectivity index (χ4n) is 2.45. The quantitative estimate of drug-likeness (QED) is 0.781. The summed E-state index contributed by atoms with van der Waals surface area (Å²) in [6.45, 7) is 0.290. The Balaban J connectivity index is 1.89. The highest BCUT2D eigenvalue weighted by Gasteiger charge is 2.30. The summed E-state index contributed by atoms with van der Waals surface area (Å²) in [6, 6.07) is 16.1.